The van der Waals surface area contributed by atoms with E-state index in [9.17, 15) is 9.90 Å². The number of aliphatic hydroxyl groups is 1. The van der Waals surface area contributed by atoms with E-state index in [0.717, 1.165) is 16.3 Å². The van der Waals surface area contributed by atoms with E-state index >= 15 is 0 Å². The van der Waals surface area contributed by atoms with Crippen molar-refractivity contribution in [2.45, 2.75) is 37.0 Å². The lowest BCUT2D eigenvalue weighted by atomic mass is 9.80. The van der Waals surface area contributed by atoms with Crippen LogP contribution in [-0.2, 0) is 10.5 Å². The highest BCUT2D eigenvalue weighted by molar-refractivity contribution is 7.98. The Morgan fingerprint density at radius 1 is 1.35 bits per heavy atom. The number of halogens is 1. The van der Waals surface area contributed by atoms with Gasteiger partial charge in [0, 0.05) is 16.5 Å². The van der Waals surface area contributed by atoms with Crippen LogP contribution in [0.2, 0.25) is 5.02 Å². The summed E-state index contributed by atoms with van der Waals surface area (Å²) in [5.74, 6) is 0.370. The molecule has 0 amide bonds. The first kappa shape index (κ1) is 15.7. The van der Waals surface area contributed by atoms with Gasteiger partial charge >= 0.3 is 5.97 Å². The molecule has 0 aliphatic heterocycles. The van der Waals surface area contributed by atoms with Crippen LogP contribution in [0.15, 0.2) is 24.3 Å². The van der Waals surface area contributed by atoms with E-state index in [2.05, 4.69) is 0 Å². The number of rotatable bonds is 5. The Morgan fingerprint density at radius 3 is 2.60 bits per heavy atom. The summed E-state index contributed by atoms with van der Waals surface area (Å²) in [5, 5.41) is 20.2. The van der Waals surface area contributed by atoms with Gasteiger partial charge in [-0.3, -0.25) is 4.79 Å². The van der Waals surface area contributed by atoms with Crippen molar-refractivity contribution in [3.05, 3.63) is 34.9 Å². The third-order valence-electron chi connectivity index (χ3n) is 3.85. The number of carbonyl (C=O) groups is 1. The van der Waals surface area contributed by atoms with Gasteiger partial charge in [0.15, 0.2) is 0 Å². The van der Waals surface area contributed by atoms with Gasteiger partial charge in [-0.25, -0.2) is 0 Å². The number of carboxylic acid groups (broad SMARTS) is 1. The molecule has 0 atom stereocenters. The molecule has 20 heavy (non-hydrogen) atoms. The average Bonchev–Trinajstić information content (AvgIpc) is 2.41. The number of benzene rings is 1. The summed E-state index contributed by atoms with van der Waals surface area (Å²) in [6.45, 7) is 0. The molecule has 0 saturated heterocycles. The van der Waals surface area contributed by atoms with Crippen LogP contribution in [0.4, 0.5) is 0 Å². The van der Waals surface area contributed by atoms with E-state index in [1.807, 2.05) is 24.3 Å². The Morgan fingerprint density at radius 2 is 2.00 bits per heavy atom. The highest BCUT2D eigenvalue weighted by Gasteiger charge is 2.35. The van der Waals surface area contributed by atoms with Gasteiger partial charge in [-0.15, -0.1) is 0 Å². The smallest absolute Gasteiger partial charge is 0.306 e. The van der Waals surface area contributed by atoms with Crippen molar-refractivity contribution in [2.24, 2.45) is 5.92 Å². The molecular formula is C15H19ClO3S. The SMILES string of the molecule is O=C(O)C1CCC(O)(CSCc2ccccc2Cl)CC1. The lowest BCUT2D eigenvalue weighted by molar-refractivity contribution is -0.144. The Bertz CT molecular complexity index is 470. The first-order valence-electron chi connectivity index (χ1n) is 6.76. The molecule has 0 heterocycles. The minimum atomic E-state index is -0.740. The van der Waals surface area contributed by atoms with Crippen LogP contribution in [0, 0.1) is 5.92 Å². The van der Waals surface area contributed by atoms with Crippen molar-refractivity contribution in [3.63, 3.8) is 0 Å². The van der Waals surface area contributed by atoms with E-state index < -0.39 is 11.6 Å². The largest absolute Gasteiger partial charge is 0.481 e. The van der Waals surface area contributed by atoms with E-state index in [1.54, 1.807) is 11.8 Å². The fraction of sp³-hybridized carbons (Fsp3) is 0.533. The Hall–Kier alpha value is -0.710. The Labute approximate surface area is 128 Å². The molecule has 3 nitrogen and oxygen atoms in total. The Kier molecular flexibility index (Phi) is 5.35. The molecule has 0 radical (unpaired) electrons. The molecule has 5 heteroatoms. The monoisotopic (exact) mass is 314 g/mol. The molecule has 1 aliphatic carbocycles. The lowest BCUT2D eigenvalue weighted by Crippen LogP contribution is -2.38. The second-order valence-electron chi connectivity index (χ2n) is 5.42. The maximum absolute atomic E-state index is 10.9. The van der Waals surface area contributed by atoms with Crippen molar-refractivity contribution in [3.8, 4) is 0 Å². The van der Waals surface area contributed by atoms with E-state index in [0.29, 0.717) is 31.4 Å². The highest BCUT2D eigenvalue weighted by atomic mass is 35.5. The number of aliphatic carboxylic acids is 1. The van der Waals surface area contributed by atoms with Crippen LogP contribution in [0.3, 0.4) is 0 Å². The summed E-state index contributed by atoms with van der Waals surface area (Å²) in [7, 11) is 0. The summed E-state index contributed by atoms with van der Waals surface area (Å²) in [6.07, 6.45) is 2.27. The first-order chi connectivity index (χ1) is 9.50. The molecule has 1 aromatic rings. The van der Waals surface area contributed by atoms with Crippen molar-refractivity contribution in [1.29, 1.82) is 0 Å². The third-order valence-corrected chi connectivity index (χ3v) is 5.48. The average molecular weight is 315 g/mol. The third kappa shape index (κ3) is 4.14. The fourth-order valence-corrected chi connectivity index (χ4v) is 4.04. The van der Waals surface area contributed by atoms with Gasteiger partial charge in [0.1, 0.15) is 0 Å². The topological polar surface area (TPSA) is 57.5 Å². The van der Waals surface area contributed by atoms with Gasteiger partial charge in [-0.1, -0.05) is 29.8 Å². The molecule has 110 valence electrons. The van der Waals surface area contributed by atoms with Crippen LogP contribution in [0.25, 0.3) is 0 Å². The van der Waals surface area contributed by atoms with Crippen LogP contribution in [-0.4, -0.2) is 27.5 Å². The van der Waals surface area contributed by atoms with Crippen LogP contribution in [0.5, 0.6) is 0 Å². The summed E-state index contributed by atoms with van der Waals surface area (Å²) >= 11 is 7.75. The number of carboxylic acids is 1. The number of hydrogen-bond donors (Lipinski definition) is 2. The van der Waals surface area contributed by atoms with Gasteiger partial charge in [0.05, 0.1) is 11.5 Å². The maximum Gasteiger partial charge on any atom is 0.306 e. The molecule has 1 aromatic carbocycles. The van der Waals surface area contributed by atoms with E-state index in [-0.39, 0.29) is 5.92 Å². The maximum atomic E-state index is 10.9. The summed E-state index contributed by atoms with van der Waals surface area (Å²) < 4.78 is 0. The van der Waals surface area contributed by atoms with E-state index in [1.165, 1.54) is 0 Å². The predicted octanol–water partition coefficient (Wildman–Crippen LogP) is 3.58. The Balaban J connectivity index is 1.80. The van der Waals surface area contributed by atoms with Crippen LogP contribution < -0.4 is 0 Å². The molecule has 1 saturated carbocycles. The van der Waals surface area contributed by atoms with Crippen molar-refractivity contribution < 1.29 is 15.0 Å². The van der Waals surface area contributed by atoms with Gasteiger partial charge in [0.25, 0.3) is 0 Å². The minimum absolute atomic E-state index is 0.288. The van der Waals surface area contributed by atoms with Crippen molar-refractivity contribution in [2.75, 3.05) is 5.75 Å². The van der Waals surface area contributed by atoms with Crippen molar-refractivity contribution >= 4 is 29.3 Å². The molecule has 1 aliphatic rings. The highest BCUT2D eigenvalue weighted by Crippen LogP contribution is 2.35. The zero-order valence-corrected chi connectivity index (χ0v) is 12.8. The second kappa shape index (κ2) is 6.83. The molecule has 2 rings (SSSR count). The molecule has 2 N–H and O–H groups in total. The summed E-state index contributed by atoms with van der Waals surface area (Å²) in [5.41, 5.74) is 0.347. The van der Waals surface area contributed by atoms with Crippen LogP contribution in [0.1, 0.15) is 31.2 Å². The quantitative estimate of drug-likeness (QED) is 0.872. The molecule has 0 spiro atoms. The number of thioether (sulfide) groups is 1. The first-order valence-corrected chi connectivity index (χ1v) is 8.30. The van der Waals surface area contributed by atoms with Gasteiger partial charge < -0.3 is 10.2 Å². The summed E-state index contributed by atoms with van der Waals surface area (Å²) in [4.78, 5) is 10.9. The van der Waals surface area contributed by atoms with Crippen LogP contribution >= 0.6 is 23.4 Å². The molecule has 1 fully saturated rings. The van der Waals surface area contributed by atoms with Gasteiger partial charge in [-0.2, -0.15) is 11.8 Å². The zero-order valence-electron chi connectivity index (χ0n) is 11.2. The molecular weight excluding hydrogens is 296 g/mol. The molecule has 0 unspecified atom stereocenters. The lowest BCUT2D eigenvalue weighted by Gasteiger charge is -2.34. The molecule has 0 aromatic heterocycles. The van der Waals surface area contributed by atoms with Gasteiger partial charge in [-0.05, 0) is 37.3 Å². The predicted molar refractivity (Wildman–Crippen MR) is 82.2 cm³/mol. The fourth-order valence-electron chi connectivity index (χ4n) is 2.51. The van der Waals surface area contributed by atoms with Gasteiger partial charge in [0.2, 0.25) is 0 Å². The normalized spacial score (nSPS) is 26.4. The summed E-state index contributed by atoms with van der Waals surface area (Å²) in [6, 6.07) is 7.71. The van der Waals surface area contributed by atoms with Crippen molar-refractivity contribution in [1.82, 2.24) is 0 Å². The molecule has 0 bridgehead atoms. The second-order valence-corrected chi connectivity index (χ2v) is 6.81. The zero-order chi connectivity index (χ0) is 14.6. The number of hydrogen-bond acceptors (Lipinski definition) is 3. The standard InChI is InChI=1S/C15H19ClO3S/c16-13-4-2-1-3-12(13)9-20-10-15(19)7-5-11(6-8-15)14(17)18/h1-4,11,19H,5-10H2,(H,17,18). The van der Waals surface area contributed by atoms with E-state index in [4.69, 9.17) is 16.7 Å². The minimum Gasteiger partial charge on any atom is -0.481 e.